The van der Waals surface area contributed by atoms with E-state index in [0.717, 1.165) is 11.3 Å². The molecule has 0 radical (unpaired) electrons. The van der Waals surface area contributed by atoms with E-state index in [1.54, 1.807) is 40.5 Å². The van der Waals surface area contributed by atoms with Crippen LogP contribution < -0.4 is 10.9 Å². The zero-order chi connectivity index (χ0) is 24.0. The molecule has 170 valence electrons. The van der Waals surface area contributed by atoms with Crippen molar-refractivity contribution in [2.45, 2.75) is 26.8 Å². The van der Waals surface area contributed by atoms with E-state index in [1.165, 1.54) is 0 Å². The van der Waals surface area contributed by atoms with Crippen molar-refractivity contribution < 1.29 is 4.79 Å². The molecule has 0 bridgehead atoms. The normalized spacial score (nSPS) is 12.2. The number of benzene rings is 2. The lowest BCUT2D eigenvalue weighted by molar-refractivity contribution is 0.0939. The lowest BCUT2D eigenvalue weighted by atomic mass is 10.1. The lowest BCUT2D eigenvalue weighted by Gasteiger charge is -2.22. The molecule has 0 saturated carbocycles. The molecule has 34 heavy (non-hydrogen) atoms. The molecule has 5 aromatic rings. The first kappa shape index (κ1) is 21.9. The Morgan fingerprint density at radius 2 is 1.88 bits per heavy atom. The molecule has 1 atom stereocenters. The molecule has 0 unspecified atom stereocenters. The summed E-state index contributed by atoms with van der Waals surface area (Å²) in [6.07, 6.45) is 3.37. The highest BCUT2D eigenvalue weighted by Gasteiger charge is 2.23. The van der Waals surface area contributed by atoms with Gasteiger partial charge < -0.3 is 5.32 Å². The van der Waals surface area contributed by atoms with Crippen molar-refractivity contribution in [3.63, 3.8) is 0 Å². The fraction of sp³-hybridized carbons (Fsp3) is 0.154. The maximum absolute atomic E-state index is 13.7. The monoisotopic (exact) mass is 471 g/mol. The van der Waals surface area contributed by atoms with Crippen LogP contribution in [0.4, 0.5) is 0 Å². The van der Waals surface area contributed by atoms with Crippen LogP contribution in [0, 0.1) is 13.8 Å². The molecule has 8 heteroatoms. The highest BCUT2D eigenvalue weighted by molar-refractivity contribution is 6.35. The van der Waals surface area contributed by atoms with Gasteiger partial charge in [-0.05, 0) is 56.0 Å². The van der Waals surface area contributed by atoms with Crippen LogP contribution in [-0.2, 0) is 0 Å². The van der Waals surface area contributed by atoms with Crippen molar-refractivity contribution in [3.8, 4) is 5.69 Å². The van der Waals surface area contributed by atoms with E-state index in [2.05, 4.69) is 15.4 Å². The molecule has 0 spiro atoms. The highest BCUT2D eigenvalue weighted by Crippen LogP contribution is 2.27. The van der Waals surface area contributed by atoms with E-state index in [9.17, 15) is 9.59 Å². The topological polar surface area (TPSA) is 81.3 Å². The summed E-state index contributed by atoms with van der Waals surface area (Å²) in [6, 6.07) is 16.2. The van der Waals surface area contributed by atoms with Gasteiger partial charge >= 0.3 is 0 Å². The zero-order valence-electron chi connectivity index (χ0n) is 18.9. The first-order valence-corrected chi connectivity index (χ1v) is 11.3. The molecular weight excluding hydrogens is 450 g/mol. The highest BCUT2D eigenvalue weighted by atomic mass is 35.5. The van der Waals surface area contributed by atoms with Crippen molar-refractivity contribution >= 4 is 33.9 Å². The summed E-state index contributed by atoms with van der Waals surface area (Å²) >= 11 is 6.42. The summed E-state index contributed by atoms with van der Waals surface area (Å²) in [6.45, 7) is 5.57. The number of rotatable bonds is 4. The average Bonchev–Trinajstić information content (AvgIpc) is 3.15. The Morgan fingerprint density at radius 1 is 1.09 bits per heavy atom. The fourth-order valence-corrected chi connectivity index (χ4v) is 4.59. The smallest absolute Gasteiger partial charge is 0.264 e. The number of amides is 1. The molecule has 1 amide bonds. The largest absolute Gasteiger partial charge is 0.344 e. The number of carbonyl (C=O) groups excluding carboxylic acids is 1. The van der Waals surface area contributed by atoms with Crippen LogP contribution in [0.15, 0.2) is 71.8 Å². The number of aromatic nitrogens is 4. The Morgan fingerprint density at radius 3 is 2.68 bits per heavy atom. The first-order valence-electron chi connectivity index (χ1n) is 10.9. The molecular formula is C26H22ClN5O2. The molecule has 3 aromatic heterocycles. The predicted molar refractivity (Wildman–Crippen MR) is 133 cm³/mol. The number of para-hydroxylation sites is 1. The van der Waals surface area contributed by atoms with E-state index < -0.39 is 6.04 Å². The molecule has 7 nitrogen and oxygen atoms in total. The third kappa shape index (κ3) is 3.54. The molecule has 0 aliphatic heterocycles. The number of carbonyl (C=O) groups is 1. The number of fused-ring (bicyclic) bond motifs is 2. The van der Waals surface area contributed by atoms with Gasteiger partial charge in [0, 0.05) is 18.1 Å². The number of nitrogens with one attached hydrogen (secondary N) is 1. The Labute approximate surface area is 200 Å². The standard InChI is InChI=1S/C26H22ClN5O2/c1-15-8-4-5-11-20(15)32-21(14-18-9-6-10-19(27)23(18)26(32)34)16(2)29-25(33)22-17(3)30-31-13-7-12-28-24(22)31/h4-14,16H,1-3H3,(H,29,33)/t16-/m0/s1. The van der Waals surface area contributed by atoms with Gasteiger partial charge in [0.2, 0.25) is 0 Å². The number of hydrogen-bond acceptors (Lipinski definition) is 4. The average molecular weight is 472 g/mol. The molecule has 2 aromatic carbocycles. The Kier molecular flexibility index (Phi) is 5.42. The second-order valence-electron chi connectivity index (χ2n) is 8.24. The van der Waals surface area contributed by atoms with Crippen LogP contribution in [0.5, 0.6) is 0 Å². The van der Waals surface area contributed by atoms with Crippen LogP contribution in [-0.4, -0.2) is 25.1 Å². The summed E-state index contributed by atoms with van der Waals surface area (Å²) in [5.74, 6) is -0.311. The van der Waals surface area contributed by atoms with Gasteiger partial charge in [-0.15, -0.1) is 0 Å². The van der Waals surface area contributed by atoms with Crippen LogP contribution in [0.25, 0.3) is 22.1 Å². The van der Waals surface area contributed by atoms with Crippen molar-refractivity contribution in [1.29, 1.82) is 0 Å². The lowest BCUT2D eigenvalue weighted by Crippen LogP contribution is -2.32. The molecule has 0 aliphatic carbocycles. The van der Waals surface area contributed by atoms with E-state index in [4.69, 9.17) is 11.6 Å². The van der Waals surface area contributed by atoms with Gasteiger partial charge in [0.05, 0.1) is 27.8 Å². The summed E-state index contributed by atoms with van der Waals surface area (Å²) in [7, 11) is 0. The number of halogens is 1. The third-order valence-electron chi connectivity index (χ3n) is 5.97. The van der Waals surface area contributed by atoms with Crippen molar-refractivity contribution in [1.82, 2.24) is 24.5 Å². The summed E-state index contributed by atoms with van der Waals surface area (Å²) < 4.78 is 3.21. The van der Waals surface area contributed by atoms with Gasteiger partial charge in [0.25, 0.3) is 11.5 Å². The van der Waals surface area contributed by atoms with Crippen LogP contribution >= 0.6 is 11.6 Å². The molecule has 1 N–H and O–H groups in total. The van der Waals surface area contributed by atoms with Gasteiger partial charge in [0.1, 0.15) is 5.56 Å². The minimum atomic E-state index is -0.499. The van der Waals surface area contributed by atoms with Crippen molar-refractivity contribution in [3.05, 3.63) is 105 Å². The Balaban J connectivity index is 1.66. The van der Waals surface area contributed by atoms with Gasteiger partial charge in [-0.2, -0.15) is 5.10 Å². The van der Waals surface area contributed by atoms with Crippen LogP contribution in [0.3, 0.4) is 0 Å². The van der Waals surface area contributed by atoms with Crippen LogP contribution in [0.2, 0.25) is 5.02 Å². The van der Waals surface area contributed by atoms with E-state index >= 15 is 0 Å². The van der Waals surface area contributed by atoms with Crippen molar-refractivity contribution in [2.75, 3.05) is 0 Å². The Hall–Kier alpha value is -3.97. The van der Waals surface area contributed by atoms with Crippen molar-refractivity contribution in [2.24, 2.45) is 0 Å². The van der Waals surface area contributed by atoms with E-state index in [0.29, 0.717) is 38.4 Å². The van der Waals surface area contributed by atoms with Gasteiger partial charge in [-0.3, -0.25) is 14.2 Å². The van der Waals surface area contributed by atoms with E-state index in [1.807, 2.05) is 56.3 Å². The van der Waals surface area contributed by atoms with E-state index in [-0.39, 0.29) is 11.5 Å². The molecule has 0 fully saturated rings. The Bertz CT molecular complexity index is 1640. The zero-order valence-corrected chi connectivity index (χ0v) is 19.7. The second kappa shape index (κ2) is 8.43. The number of hydrogen-bond donors (Lipinski definition) is 1. The third-order valence-corrected chi connectivity index (χ3v) is 6.28. The van der Waals surface area contributed by atoms with Gasteiger partial charge in [0.15, 0.2) is 5.65 Å². The number of aryl methyl sites for hydroxylation is 2. The minimum Gasteiger partial charge on any atom is -0.344 e. The van der Waals surface area contributed by atoms with Crippen LogP contribution in [0.1, 0.15) is 40.3 Å². The summed E-state index contributed by atoms with van der Waals surface area (Å²) in [4.78, 5) is 31.4. The predicted octanol–water partition coefficient (Wildman–Crippen LogP) is 4.79. The molecule has 0 saturated heterocycles. The fourth-order valence-electron chi connectivity index (χ4n) is 4.33. The minimum absolute atomic E-state index is 0.234. The molecule has 5 rings (SSSR count). The number of pyridine rings is 1. The maximum Gasteiger partial charge on any atom is 0.264 e. The molecule has 0 aliphatic rings. The quantitative estimate of drug-likeness (QED) is 0.408. The van der Waals surface area contributed by atoms with Gasteiger partial charge in [-0.25, -0.2) is 9.50 Å². The first-order chi connectivity index (χ1) is 16.4. The maximum atomic E-state index is 13.7. The summed E-state index contributed by atoms with van der Waals surface area (Å²) in [5.41, 5.74) is 3.53. The second-order valence-corrected chi connectivity index (χ2v) is 8.65. The van der Waals surface area contributed by atoms with Gasteiger partial charge in [-0.1, -0.05) is 41.9 Å². The molecule has 3 heterocycles. The summed E-state index contributed by atoms with van der Waals surface area (Å²) in [5, 5.41) is 8.97. The number of nitrogens with zero attached hydrogens (tertiary/aromatic N) is 4. The SMILES string of the molecule is Cc1ccccc1-n1c([C@H](C)NC(=O)c2c(C)nn3cccnc23)cc2cccc(Cl)c2c1=O.